The molecule has 1 fully saturated rings. The molecule has 0 saturated carbocycles. The van der Waals surface area contributed by atoms with Crippen LogP contribution in [-0.2, 0) is 0 Å². The Morgan fingerprint density at radius 3 is 2.56 bits per heavy atom. The zero-order chi connectivity index (χ0) is 12.8. The number of nitrogens with two attached hydrogens (primary N) is 1. The Morgan fingerprint density at radius 1 is 1.28 bits per heavy atom. The fourth-order valence-corrected chi connectivity index (χ4v) is 2.55. The minimum atomic E-state index is 0.480. The Hall–Kier alpha value is -1.06. The molecule has 1 aromatic carbocycles. The van der Waals surface area contributed by atoms with E-state index in [9.17, 15) is 0 Å². The zero-order valence-corrected chi connectivity index (χ0v) is 11.2. The minimum absolute atomic E-state index is 0.480. The van der Waals surface area contributed by atoms with Crippen LogP contribution in [0.15, 0.2) is 24.3 Å². The minimum Gasteiger partial charge on any atom is -0.493 e. The average molecular weight is 248 g/mol. The first kappa shape index (κ1) is 13.4. The molecule has 3 heteroatoms. The lowest BCUT2D eigenvalue weighted by molar-refractivity contribution is 0.172. The highest BCUT2D eigenvalue weighted by Gasteiger charge is 2.22. The van der Waals surface area contributed by atoms with E-state index in [0.717, 1.165) is 32.0 Å². The maximum atomic E-state index is 5.89. The Labute approximate surface area is 110 Å². The standard InChI is InChI=1S/C15H24N2O/c1-12-2-4-15(5-3-12)18-11-14(10-16)13-6-8-17-9-7-13/h2-5,13-14,17H,6-11,16H2,1H3. The molecule has 1 aromatic rings. The number of hydrogen-bond donors (Lipinski definition) is 2. The molecule has 1 saturated heterocycles. The van der Waals surface area contributed by atoms with Crippen LogP contribution in [0.5, 0.6) is 5.75 Å². The summed E-state index contributed by atoms with van der Waals surface area (Å²) in [5, 5.41) is 3.39. The lowest BCUT2D eigenvalue weighted by Crippen LogP contribution is -2.37. The van der Waals surface area contributed by atoms with Gasteiger partial charge in [0.1, 0.15) is 5.75 Å². The topological polar surface area (TPSA) is 47.3 Å². The molecule has 0 amide bonds. The van der Waals surface area contributed by atoms with E-state index in [2.05, 4.69) is 24.4 Å². The summed E-state index contributed by atoms with van der Waals surface area (Å²) in [7, 11) is 0. The second kappa shape index (κ2) is 6.76. The third-order valence-corrected chi connectivity index (χ3v) is 3.84. The molecule has 0 spiro atoms. The molecule has 1 aliphatic heterocycles. The highest BCUT2D eigenvalue weighted by Crippen LogP contribution is 2.22. The molecular weight excluding hydrogens is 224 g/mol. The monoisotopic (exact) mass is 248 g/mol. The van der Waals surface area contributed by atoms with Crippen molar-refractivity contribution in [2.45, 2.75) is 19.8 Å². The number of piperidine rings is 1. The fourth-order valence-electron chi connectivity index (χ4n) is 2.55. The fraction of sp³-hybridized carbons (Fsp3) is 0.600. The van der Waals surface area contributed by atoms with E-state index in [1.54, 1.807) is 0 Å². The lowest BCUT2D eigenvalue weighted by atomic mass is 9.85. The molecule has 0 aromatic heterocycles. The molecule has 1 aliphatic rings. The third kappa shape index (κ3) is 3.72. The van der Waals surface area contributed by atoms with Gasteiger partial charge in [0, 0.05) is 5.92 Å². The van der Waals surface area contributed by atoms with Crippen molar-refractivity contribution < 1.29 is 4.74 Å². The summed E-state index contributed by atoms with van der Waals surface area (Å²) in [6.07, 6.45) is 2.44. The maximum Gasteiger partial charge on any atom is 0.119 e. The Bertz CT molecular complexity index is 344. The van der Waals surface area contributed by atoms with Gasteiger partial charge in [-0.3, -0.25) is 0 Å². The summed E-state index contributed by atoms with van der Waals surface area (Å²) in [6, 6.07) is 8.23. The lowest BCUT2D eigenvalue weighted by Gasteiger charge is -2.29. The summed E-state index contributed by atoms with van der Waals surface area (Å²) >= 11 is 0. The summed E-state index contributed by atoms with van der Waals surface area (Å²) < 4.78 is 5.87. The quantitative estimate of drug-likeness (QED) is 0.837. The van der Waals surface area contributed by atoms with Gasteiger partial charge >= 0.3 is 0 Å². The van der Waals surface area contributed by atoms with Crippen LogP contribution in [0.1, 0.15) is 18.4 Å². The predicted molar refractivity (Wildman–Crippen MR) is 74.8 cm³/mol. The van der Waals surface area contributed by atoms with Crippen LogP contribution in [0.4, 0.5) is 0 Å². The first-order valence-electron chi connectivity index (χ1n) is 6.90. The van der Waals surface area contributed by atoms with Gasteiger partial charge in [-0.05, 0) is 57.5 Å². The zero-order valence-electron chi connectivity index (χ0n) is 11.2. The number of rotatable bonds is 5. The van der Waals surface area contributed by atoms with E-state index in [-0.39, 0.29) is 0 Å². The normalized spacial score (nSPS) is 18.6. The molecule has 1 atom stereocenters. The van der Waals surface area contributed by atoms with Crippen LogP contribution in [0.2, 0.25) is 0 Å². The van der Waals surface area contributed by atoms with Gasteiger partial charge in [-0.25, -0.2) is 0 Å². The summed E-state index contributed by atoms with van der Waals surface area (Å²) in [5.41, 5.74) is 7.15. The van der Waals surface area contributed by atoms with E-state index in [0.29, 0.717) is 11.8 Å². The molecule has 0 aliphatic carbocycles. The first-order valence-corrected chi connectivity index (χ1v) is 6.90. The second-order valence-corrected chi connectivity index (χ2v) is 5.21. The average Bonchev–Trinajstić information content (AvgIpc) is 2.43. The second-order valence-electron chi connectivity index (χ2n) is 5.21. The number of benzene rings is 1. The van der Waals surface area contributed by atoms with Crippen LogP contribution in [0, 0.1) is 18.8 Å². The highest BCUT2D eigenvalue weighted by atomic mass is 16.5. The van der Waals surface area contributed by atoms with Gasteiger partial charge in [-0.15, -0.1) is 0 Å². The SMILES string of the molecule is Cc1ccc(OCC(CN)C2CCNCC2)cc1. The molecule has 0 bridgehead atoms. The number of hydrogen-bond acceptors (Lipinski definition) is 3. The van der Waals surface area contributed by atoms with E-state index >= 15 is 0 Å². The maximum absolute atomic E-state index is 5.89. The van der Waals surface area contributed by atoms with Crippen molar-refractivity contribution in [2.24, 2.45) is 17.6 Å². The summed E-state index contributed by atoms with van der Waals surface area (Å²) in [5.74, 6) is 2.14. The van der Waals surface area contributed by atoms with E-state index in [1.807, 2.05) is 12.1 Å². The molecule has 100 valence electrons. The molecule has 18 heavy (non-hydrogen) atoms. The predicted octanol–water partition coefficient (Wildman–Crippen LogP) is 1.95. The molecule has 0 radical (unpaired) electrons. The smallest absolute Gasteiger partial charge is 0.119 e. The summed E-state index contributed by atoms with van der Waals surface area (Å²) in [4.78, 5) is 0. The van der Waals surface area contributed by atoms with Crippen LogP contribution < -0.4 is 15.8 Å². The van der Waals surface area contributed by atoms with Crippen LogP contribution >= 0.6 is 0 Å². The van der Waals surface area contributed by atoms with Crippen molar-refractivity contribution in [1.82, 2.24) is 5.32 Å². The number of nitrogens with one attached hydrogen (secondary N) is 1. The van der Waals surface area contributed by atoms with Gasteiger partial charge in [0.05, 0.1) is 6.61 Å². The molecule has 1 heterocycles. The van der Waals surface area contributed by atoms with Gasteiger partial charge in [0.2, 0.25) is 0 Å². The molecule has 3 nitrogen and oxygen atoms in total. The van der Waals surface area contributed by atoms with Crippen molar-refractivity contribution in [3.05, 3.63) is 29.8 Å². The van der Waals surface area contributed by atoms with Crippen LogP contribution in [0.25, 0.3) is 0 Å². The van der Waals surface area contributed by atoms with Crippen molar-refractivity contribution in [1.29, 1.82) is 0 Å². The van der Waals surface area contributed by atoms with E-state index in [1.165, 1.54) is 18.4 Å². The van der Waals surface area contributed by atoms with Crippen molar-refractivity contribution in [3.63, 3.8) is 0 Å². The van der Waals surface area contributed by atoms with Gasteiger partial charge in [0.15, 0.2) is 0 Å². The van der Waals surface area contributed by atoms with Gasteiger partial charge in [-0.1, -0.05) is 17.7 Å². The molecular formula is C15H24N2O. The molecule has 3 N–H and O–H groups in total. The highest BCUT2D eigenvalue weighted by molar-refractivity contribution is 5.26. The van der Waals surface area contributed by atoms with Crippen LogP contribution in [-0.4, -0.2) is 26.2 Å². The van der Waals surface area contributed by atoms with Crippen LogP contribution in [0.3, 0.4) is 0 Å². The molecule has 2 rings (SSSR count). The summed E-state index contributed by atoms with van der Waals surface area (Å²) in [6.45, 7) is 5.78. The van der Waals surface area contributed by atoms with Gasteiger partial charge < -0.3 is 15.8 Å². The Morgan fingerprint density at radius 2 is 1.94 bits per heavy atom. The molecule has 1 unspecified atom stereocenters. The van der Waals surface area contributed by atoms with Gasteiger partial charge in [0.25, 0.3) is 0 Å². The van der Waals surface area contributed by atoms with Crippen molar-refractivity contribution in [2.75, 3.05) is 26.2 Å². The van der Waals surface area contributed by atoms with E-state index < -0.39 is 0 Å². The Kier molecular flexibility index (Phi) is 5.02. The van der Waals surface area contributed by atoms with E-state index in [4.69, 9.17) is 10.5 Å². The van der Waals surface area contributed by atoms with Gasteiger partial charge in [-0.2, -0.15) is 0 Å². The number of ether oxygens (including phenoxy) is 1. The number of aryl methyl sites for hydroxylation is 1. The third-order valence-electron chi connectivity index (χ3n) is 3.84. The van der Waals surface area contributed by atoms with Crippen molar-refractivity contribution in [3.8, 4) is 5.75 Å². The Balaban J connectivity index is 1.84. The largest absolute Gasteiger partial charge is 0.493 e. The van der Waals surface area contributed by atoms with Crippen molar-refractivity contribution >= 4 is 0 Å². The first-order chi connectivity index (χ1) is 8.79.